The SMILES string of the molecule is COc1ccc(-c2cnoc2NS(=O)(=O)Cc2ccccc2)cc1. The van der Waals surface area contributed by atoms with Gasteiger partial charge >= 0.3 is 0 Å². The van der Waals surface area contributed by atoms with E-state index in [1.165, 1.54) is 6.20 Å². The molecule has 1 aromatic heterocycles. The number of methoxy groups -OCH3 is 1. The van der Waals surface area contributed by atoms with Crippen LogP contribution in [-0.4, -0.2) is 20.7 Å². The molecule has 0 saturated heterocycles. The van der Waals surface area contributed by atoms with Crippen molar-refractivity contribution in [2.45, 2.75) is 5.75 Å². The summed E-state index contributed by atoms with van der Waals surface area (Å²) in [6.45, 7) is 0. The molecular weight excluding hydrogens is 328 g/mol. The maximum Gasteiger partial charge on any atom is 0.245 e. The summed E-state index contributed by atoms with van der Waals surface area (Å²) in [7, 11) is -2.03. The van der Waals surface area contributed by atoms with Gasteiger partial charge in [-0.05, 0) is 23.3 Å². The van der Waals surface area contributed by atoms with Crippen LogP contribution in [-0.2, 0) is 15.8 Å². The monoisotopic (exact) mass is 344 g/mol. The Bertz CT molecular complexity index is 903. The molecular formula is C17H16N2O4S. The van der Waals surface area contributed by atoms with Gasteiger partial charge < -0.3 is 9.26 Å². The second-order valence-corrected chi connectivity index (χ2v) is 6.87. The van der Waals surface area contributed by atoms with Crippen molar-refractivity contribution in [3.63, 3.8) is 0 Å². The molecule has 124 valence electrons. The number of hydrogen-bond donors (Lipinski definition) is 1. The highest BCUT2D eigenvalue weighted by atomic mass is 32.2. The molecule has 0 atom stereocenters. The van der Waals surface area contributed by atoms with Crippen LogP contribution >= 0.6 is 0 Å². The highest BCUT2D eigenvalue weighted by Gasteiger charge is 2.18. The second-order valence-electron chi connectivity index (χ2n) is 5.14. The summed E-state index contributed by atoms with van der Waals surface area (Å²) in [5, 5.41) is 3.70. The fraction of sp³-hybridized carbons (Fsp3) is 0.118. The van der Waals surface area contributed by atoms with Crippen molar-refractivity contribution in [2.75, 3.05) is 11.8 Å². The average Bonchev–Trinajstić information content (AvgIpc) is 3.02. The quantitative estimate of drug-likeness (QED) is 0.742. The first-order valence-electron chi connectivity index (χ1n) is 7.21. The Hall–Kier alpha value is -2.80. The number of aromatic nitrogens is 1. The van der Waals surface area contributed by atoms with Gasteiger partial charge in [-0.2, -0.15) is 0 Å². The molecule has 2 aromatic carbocycles. The van der Waals surface area contributed by atoms with Gasteiger partial charge in [0.2, 0.25) is 15.9 Å². The fourth-order valence-corrected chi connectivity index (χ4v) is 3.39. The zero-order valence-electron chi connectivity index (χ0n) is 13.0. The lowest BCUT2D eigenvalue weighted by Gasteiger charge is -2.07. The molecule has 0 radical (unpaired) electrons. The molecule has 0 bridgehead atoms. The Morgan fingerprint density at radius 2 is 1.79 bits per heavy atom. The summed E-state index contributed by atoms with van der Waals surface area (Å²) in [5.74, 6) is 0.661. The number of ether oxygens (including phenoxy) is 1. The predicted octanol–water partition coefficient (Wildman–Crippen LogP) is 3.29. The third-order valence-electron chi connectivity index (χ3n) is 3.42. The molecule has 0 aliphatic rings. The molecule has 0 spiro atoms. The maximum atomic E-state index is 12.3. The lowest BCUT2D eigenvalue weighted by Crippen LogP contribution is -2.15. The molecule has 0 amide bonds. The molecule has 1 heterocycles. The molecule has 7 heteroatoms. The first-order chi connectivity index (χ1) is 11.6. The number of hydrogen-bond acceptors (Lipinski definition) is 5. The van der Waals surface area contributed by atoms with Crippen LogP contribution in [0.4, 0.5) is 5.88 Å². The number of nitrogens with zero attached hydrogens (tertiary/aromatic N) is 1. The summed E-state index contributed by atoms with van der Waals surface area (Å²) >= 11 is 0. The van der Waals surface area contributed by atoms with Crippen LogP contribution < -0.4 is 9.46 Å². The number of nitrogens with one attached hydrogen (secondary N) is 1. The van der Waals surface area contributed by atoms with Crippen LogP contribution in [0.15, 0.2) is 65.3 Å². The minimum Gasteiger partial charge on any atom is -0.497 e. The van der Waals surface area contributed by atoms with E-state index in [2.05, 4.69) is 9.88 Å². The van der Waals surface area contributed by atoms with Gasteiger partial charge in [-0.1, -0.05) is 47.6 Å². The molecule has 0 unspecified atom stereocenters. The predicted molar refractivity (Wildman–Crippen MR) is 91.2 cm³/mol. The molecule has 0 aliphatic carbocycles. The van der Waals surface area contributed by atoms with E-state index >= 15 is 0 Å². The van der Waals surface area contributed by atoms with E-state index in [9.17, 15) is 8.42 Å². The van der Waals surface area contributed by atoms with Crippen molar-refractivity contribution in [3.05, 3.63) is 66.4 Å². The molecule has 0 saturated carbocycles. The van der Waals surface area contributed by atoms with Crippen LogP contribution in [0.1, 0.15) is 5.56 Å². The fourth-order valence-electron chi connectivity index (χ4n) is 2.26. The Kier molecular flexibility index (Phi) is 4.52. The smallest absolute Gasteiger partial charge is 0.245 e. The van der Waals surface area contributed by atoms with E-state index in [4.69, 9.17) is 9.26 Å². The first kappa shape index (κ1) is 16.1. The third kappa shape index (κ3) is 3.75. The Labute approximate surface area is 140 Å². The molecule has 3 rings (SSSR count). The second kappa shape index (κ2) is 6.76. The first-order valence-corrected chi connectivity index (χ1v) is 8.86. The van der Waals surface area contributed by atoms with E-state index in [0.717, 1.165) is 5.56 Å². The van der Waals surface area contributed by atoms with E-state index in [1.807, 2.05) is 6.07 Å². The Morgan fingerprint density at radius 1 is 1.08 bits per heavy atom. The van der Waals surface area contributed by atoms with Crippen molar-refractivity contribution in [1.82, 2.24) is 5.16 Å². The topological polar surface area (TPSA) is 81.4 Å². The minimum atomic E-state index is -3.61. The maximum absolute atomic E-state index is 12.3. The average molecular weight is 344 g/mol. The van der Waals surface area contributed by atoms with Crippen LogP contribution in [0, 0.1) is 0 Å². The molecule has 6 nitrogen and oxygen atoms in total. The minimum absolute atomic E-state index is 0.0936. The largest absolute Gasteiger partial charge is 0.497 e. The molecule has 0 aliphatic heterocycles. The van der Waals surface area contributed by atoms with Crippen molar-refractivity contribution in [2.24, 2.45) is 0 Å². The standard InChI is InChI=1S/C17H16N2O4S/c1-22-15-9-7-14(8-10-15)16-11-18-23-17(16)19-24(20,21)12-13-5-3-2-4-6-13/h2-11,19H,12H2,1H3. The van der Waals surface area contributed by atoms with Crippen LogP contribution in [0.2, 0.25) is 0 Å². The van der Waals surface area contributed by atoms with Crippen molar-refractivity contribution in [3.8, 4) is 16.9 Å². The summed E-state index contributed by atoms with van der Waals surface area (Å²) in [4.78, 5) is 0. The normalized spacial score (nSPS) is 11.2. The van der Waals surface area contributed by atoms with Crippen LogP contribution in [0.25, 0.3) is 11.1 Å². The summed E-state index contributed by atoms with van der Waals surface area (Å²) in [6, 6.07) is 16.1. The van der Waals surface area contributed by atoms with Gasteiger partial charge in [0.25, 0.3) is 0 Å². The number of rotatable bonds is 6. The van der Waals surface area contributed by atoms with E-state index in [1.54, 1.807) is 55.6 Å². The third-order valence-corrected chi connectivity index (χ3v) is 4.63. The van der Waals surface area contributed by atoms with E-state index < -0.39 is 10.0 Å². The highest BCUT2D eigenvalue weighted by molar-refractivity contribution is 7.91. The van der Waals surface area contributed by atoms with Gasteiger partial charge in [0.15, 0.2) is 0 Å². The number of anilines is 1. The summed E-state index contributed by atoms with van der Waals surface area (Å²) in [6.07, 6.45) is 1.47. The van der Waals surface area contributed by atoms with E-state index in [0.29, 0.717) is 16.9 Å². The van der Waals surface area contributed by atoms with Crippen molar-refractivity contribution < 1.29 is 17.7 Å². The number of benzene rings is 2. The molecule has 3 aromatic rings. The number of sulfonamides is 1. The van der Waals surface area contributed by atoms with Gasteiger partial charge in [0.1, 0.15) is 5.75 Å². The molecule has 24 heavy (non-hydrogen) atoms. The summed E-state index contributed by atoms with van der Waals surface area (Å²) < 4.78 is 37.3. The molecule has 0 fully saturated rings. The van der Waals surface area contributed by atoms with Gasteiger partial charge in [0.05, 0.1) is 24.6 Å². The highest BCUT2D eigenvalue weighted by Crippen LogP contribution is 2.30. The van der Waals surface area contributed by atoms with Gasteiger partial charge in [-0.3, -0.25) is 4.72 Å². The lowest BCUT2D eigenvalue weighted by atomic mass is 10.1. The van der Waals surface area contributed by atoms with E-state index in [-0.39, 0.29) is 11.6 Å². The van der Waals surface area contributed by atoms with Crippen molar-refractivity contribution in [1.29, 1.82) is 0 Å². The van der Waals surface area contributed by atoms with Crippen molar-refractivity contribution >= 4 is 15.9 Å². The van der Waals surface area contributed by atoms with Gasteiger partial charge in [0, 0.05) is 0 Å². The Balaban J connectivity index is 1.82. The zero-order valence-corrected chi connectivity index (χ0v) is 13.8. The lowest BCUT2D eigenvalue weighted by molar-refractivity contribution is 0.415. The van der Waals surface area contributed by atoms with Crippen LogP contribution in [0.5, 0.6) is 5.75 Å². The molecule has 1 N–H and O–H groups in total. The van der Waals surface area contributed by atoms with Gasteiger partial charge in [-0.15, -0.1) is 0 Å². The zero-order chi connectivity index (χ0) is 17.0. The Morgan fingerprint density at radius 3 is 2.46 bits per heavy atom. The van der Waals surface area contributed by atoms with Gasteiger partial charge in [-0.25, -0.2) is 8.42 Å². The summed E-state index contributed by atoms with van der Waals surface area (Å²) in [5.41, 5.74) is 2.03. The van der Waals surface area contributed by atoms with Crippen LogP contribution in [0.3, 0.4) is 0 Å².